The summed E-state index contributed by atoms with van der Waals surface area (Å²) in [4.78, 5) is 117. The van der Waals surface area contributed by atoms with Gasteiger partial charge < -0.3 is 52.5 Å². The maximum Gasteiger partial charge on any atom is 0.323 e. The lowest BCUT2D eigenvalue weighted by Gasteiger charge is -2.50. The van der Waals surface area contributed by atoms with Crippen LogP contribution >= 0.6 is 69.6 Å². The van der Waals surface area contributed by atoms with Crippen LogP contribution in [0.3, 0.4) is 0 Å². The highest BCUT2D eigenvalue weighted by atomic mass is 35.5. The minimum absolute atomic E-state index is 0.0469. The molecule has 120 heavy (non-hydrogen) atoms. The zero-order chi connectivity index (χ0) is 86.5. The molecule has 24 nitrogen and oxygen atoms in total. The molecule has 6 aromatic rings. The summed E-state index contributed by atoms with van der Waals surface area (Å²) in [5.74, 6) is -8.92. The van der Waals surface area contributed by atoms with E-state index in [2.05, 4.69) is 88.4 Å². The summed E-state index contributed by atoms with van der Waals surface area (Å²) in [5.41, 5.74) is 13.7. The van der Waals surface area contributed by atoms with E-state index in [1.54, 1.807) is 49.4 Å². The monoisotopic (exact) mass is 1770 g/mol. The number of amides is 5. The number of rotatable bonds is 11. The van der Waals surface area contributed by atoms with Gasteiger partial charge in [0.05, 0.1) is 25.9 Å². The fraction of sp³-hybridized carbons (Fsp3) is 0.529. The molecule has 3 aromatic carbocycles. The number of hydrogen-bond donors (Lipinski definition) is 10. The normalized spacial score (nSPS) is 30.0. The van der Waals surface area contributed by atoms with Crippen molar-refractivity contribution in [1.29, 1.82) is 0 Å². The second kappa shape index (κ2) is 33.5. The Labute approximate surface area is 723 Å². The minimum Gasteiger partial charge on any atom is -0.480 e. The van der Waals surface area contributed by atoms with E-state index in [9.17, 15) is 43.5 Å². The average Bonchev–Trinajstić information content (AvgIpc) is 1.52. The number of hydrogen-bond acceptors (Lipinski definition) is 18. The van der Waals surface area contributed by atoms with Gasteiger partial charge in [0, 0.05) is 97.6 Å². The van der Waals surface area contributed by atoms with Crippen molar-refractivity contribution < 1.29 is 70.8 Å². The van der Waals surface area contributed by atoms with Gasteiger partial charge in [-0.05, 0) is 220 Å². The van der Waals surface area contributed by atoms with E-state index in [0.717, 1.165) is 44.9 Å². The first-order chi connectivity index (χ1) is 56.7. The van der Waals surface area contributed by atoms with Crippen molar-refractivity contribution in [1.82, 2.24) is 30.9 Å². The van der Waals surface area contributed by atoms with Crippen molar-refractivity contribution >= 4 is 134 Å². The van der Waals surface area contributed by atoms with E-state index in [-0.39, 0.29) is 109 Å². The van der Waals surface area contributed by atoms with Crippen LogP contribution in [0.5, 0.6) is 0 Å². The van der Waals surface area contributed by atoms with Gasteiger partial charge in [0.25, 0.3) is 0 Å². The van der Waals surface area contributed by atoms with Crippen molar-refractivity contribution in [2.75, 3.05) is 35.8 Å². The number of ether oxygens (including phenoxy) is 3. The number of carboxylic acids is 1. The zero-order valence-electron chi connectivity index (χ0n) is 67.5. The standard InChI is InChI=1S/C31H35Cl2FN4O4.C26H28Cl2FN3O3.C24H24Cl2FN3O3.C6H12N2O2/c1-29(2)8-10-30(11-9-29)31(19-5-4-17(32)14-20(19)37-28(31)41)23(18-7-12-36-26(33)24(18)34)25(38-30)21(39)13-16-3-6-22(27(35)40)42-15-16;1-4-35-22(33)20-18(15-7-12-30-21(28)19(15)29)26(25(32-20)10-8-24(2,3)9-11-25)16-6-5-14(27)13-17(16)31-23(26)34;1-22(2)6-8-23(9-7-22)24(14-4-3-12(25)11-15(14)29-21(24)33)16(18(30-23)20(31)32)13-5-10-28-19(26)17(13)27;7-4-1-2-5(6(8)9)10-3-4/h4-5,7,12,14,16,22-23,25,38H,3,6,8-11,13,15H2,1-2H3,(H2,35,40)(H,37,41);5-7,12-13,18,20,32H,4,8-11H2,1-3H3,(H,31,34);3-5,10-11,16,18,30H,6-9H2,1-2H3,(H,29,33)(H,31,32);4-5H,1-3,7H2,(H2,8,9)/t16-,22-,23-,25-,31+;18-,20+,26+;16-,18+,24+;4-,5+/m0001/s1. The van der Waals surface area contributed by atoms with Crippen molar-refractivity contribution in [3.8, 4) is 0 Å². The molecule has 0 unspecified atom stereocenters. The highest BCUT2D eigenvalue weighted by Crippen LogP contribution is 2.68. The number of nitrogens with zero attached hydrogens (tertiary/aromatic N) is 3. The van der Waals surface area contributed by atoms with Gasteiger partial charge in [-0.2, -0.15) is 0 Å². The lowest BCUT2D eigenvalue weighted by atomic mass is 9.53. The number of benzene rings is 3. The molecule has 33 heteroatoms. The van der Waals surface area contributed by atoms with Gasteiger partial charge in [0.1, 0.15) is 40.5 Å². The minimum atomic E-state index is -1.36. The van der Waals surface area contributed by atoms with Crippen LogP contribution in [-0.2, 0) is 68.8 Å². The number of esters is 1. The Morgan fingerprint density at radius 3 is 1.14 bits per heavy atom. The van der Waals surface area contributed by atoms with Gasteiger partial charge in [-0.1, -0.05) is 129 Å². The maximum atomic E-state index is 16.0. The van der Waals surface area contributed by atoms with E-state index in [0.29, 0.717) is 113 Å². The van der Waals surface area contributed by atoms with Crippen molar-refractivity contribution in [3.05, 3.63) is 173 Å². The number of halogens is 9. The number of nitrogens with two attached hydrogens (primary N) is 3. The van der Waals surface area contributed by atoms with Crippen LogP contribution in [0.25, 0.3) is 0 Å². The summed E-state index contributed by atoms with van der Waals surface area (Å²) in [5, 5.41) is 30.2. The van der Waals surface area contributed by atoms with Gasteiger partial charge in [-0.15, -0.1) is 0 Å². The molecule has 3 aliphatic carbocycles. The van der Waals surface area contributed by atoms with Crippen LogP contribution in [0.2, 0.25) is 30.5 Å². The second-order valence-electron chi connectivity index (χ2n) is 36.4. The first-order valence-electron chi connectivity index (χ1n) is 40.7. The Morgan fingerprint density at radius 2 is 0.817 bits per heavy atom. The largest absolute Gasteiger partial charge is 0.480 e. The van der Waals surface area contributed by atoms with E-state index >= 15 is 13.2 Å². The molecule has 8 fully saturated rings. The van der Waals surface area contributed by atoms with Crippen molar-refractivity contribution in [2.24, 2.45) is 39.4 Å². The Morgan fingerprint density at radius 1 is 0.483 bits per heavy atom. The topological polar surface area (TPSA) is 373 Å². The lowest BCUT2D eigenvalue weighted by Crippen LogP contribution is -2.61. The molecule has 3 aromatic heterocycles. The van der Waals surface area contributed by atoms with E-state index in [1.165, 1.54) is 36.8 Å². The Bertz CT molecular complexity index is 5080. The van der Waals surface area contributed by atoms with Crippen LogP contribution in [0, 0.1) is 39.6 Å². The highest BCUT2D eigenvalue weighted by Gasteiger charge is 2.77. The number of anilines is 3. The summed E-state index contributed by atoms with van der Waals surface area (Å²) < 4.78 is 63.2. The summed E-state index contributed by atoms with van der Waals surface area (Å²) in [7, 11) is 0. The highest BCUT2D eigenvalue weighted by molar-refractivity contribution is 6.33. The van der Waals surface area contributed by atoms with Crippen LogP contribution < -0.4 is 49.1 Å². The number of aliphatic carboxylic acids is 1. The number of aromatic nitrogens is 3. The molecular formula is C87H99Cl6F3N12O12. The number of Topliss-reactive ketones (excluding diaryl/α,β-unsaturated/α-hetero) is 1. The fourth-order valence-electron chi connectivity index (χ4n) is 21.8. The van der Waals surface area contributed by atoms with E-state index < -0.39 is 116 Å². The van der Waals surface area contributed by atoms with E-state index in [1.807, 2.05) is 12.1 Å². The Kier molecular flexibility index (Phi) is 24.7. The number of carbonyl (C=O) groups is 8. The number of fused-ring (bicyclic) bond motifs is 9. The SMILES string of the molecule is CC1(C)CCC2(CC1)N[C@@H](C(=O)C[C@@H]1CC[C@@H](C(N)=O)OC1)[C@H](c1ccnc(Cl)c1F)[C@]21C(=O)Nc2cc(Cl)ccc21.CC1(C)CCC2(CC1)N[C@@H](C(=O)O)[C@H](c1ccnc(Cl)c1F)[C@]21C(=O)Nc2cc(Cl)ccc21.CCOC(=O)[C@@H]1NC2(CCC(C)(C)CC2)[C@@]2(C(=O)Nc3cc(Cl)ccc32)[C@H]1c1ccnc(Cl)c1F.NC(=O)[C@@H]1CC[C@@H](N)CO1. The average molecular weight is 1770 g/mol. The third-order valence-electron chi connectivity index (χ3n) is 28.0. The number of pyridine rings is 3. The Hall–Kier alpha value is -7.64. The molecule has 6 spiro atoms. The second-order valence-corrected chi connectivity index (χ2v) is 38.8. The number of carbonyl (C=O) groups excluding carboxylic acids is 7. The first kappa shape index (κ1) is 88.7. The molecule has 0 bridgehead atoms. The predicted octanol–water partition coefficient (Wildman–Crippen LogP) is 14.3. The molecule has 11 heterocycles. The Balaban J connectivity index is 0.000000140. The summed E-state index contributed by atoms with van der Waals surface area (Å²) in [6.45, 7) is 15.7. The maximum absolute atomic E-state index is 16.0. The zero-order valence-corrected chi connectivity index (χ0v) is 72.0. The number of carboxylic acid groups (broad SMARTS) is 1. The van der Waals surface area contributed by atoms with Gasteiger partial charge in [0.2, 0.25) is 29.5 Å². The third-order valence-corrected chi connectivity index (χ3v) is 29.5. The van der Waals surface area contributed by atoms with Crippen molar-refractivity contribution in [3.63, 3.8) is 0 Å². The number of ketones is 1. The molecule has 3 saturated carbocycles. The van der Waals surface area contributed by atoms with E-state index in [4.69, 9.17) is 101 Å². The van der Waals surface area contributed by atoms with Gasteiger partial charge >= 0.3 is 11.9 Å². The lowest BCUT2D eigenvalue weighted by molar-refractivity contribution is -0.146. The van der Waals surface area contributed by atoms with Crippen molar-refractivity contribution in [2.45, 2.75) is 245 Å². The van der Waals surface area contributed by atoms with Gasteiger partial charge in [0.15, 0.2) is 38.7 Å². The quantitative estimate of drug-likeness (QED) is 0.0425. The molecular weight excluding hydrogens is 1670 g/mol. The molecule has 13 N–H and O–H groups in total. The summed E-state index contributed by atoms with van der Waals surface area (Å²) in [6.07, 6.45) is 14.3. The van der Waals surface area contributed by atoms with Gasteiger partial charge in [-0.25, -0.2) is 28.1 Å². The molecule has 5 amide bonds. The molecule has 0 radical (unpaired) electrons. The summed E-state index contributed by atoms with van der Waals surface area (Å²) >= 11 is 37.2. The molecule has 13 atom stereocenters. The number of primary amides is 2. The van der Waals surface area contributed by atoms with Crippen LogP contribution in [0.1, 0.15) is 209 Å². The molecule has 17 rings (SSSR count). The smallest absolute Gasteiger partial charge is 0.323 e. The molecule has 11 aliphatic rings. The molecule has 5 saturated heterocycles. The molecule has 642 valence electrons. The number of nitrogens with one attached hydrogen (secondary N) is 6. The summed E-state index contributed by atoms with van der Waals surface area (Å²) in [6, 6.07) is 17.1. The fourth-order valence-corrected chi connectivity index (χ4v) is 22.8. The third kappa shape index (κ3) is 15.2. The molecule has 8 aliphatic heterocycles. The van der Waals surface area contributed by atoms with Crippen LogP contribution in [-0.4, -0.2) is 140 Å². The first-order valence-corrected chi connectivity index (χ1v) is 43.0. The van der Waals surface area contributed by atoms with Crippen LogP contribution in [0.15, 0.2) is 91.4 Å². The van der Waals surface area contributed by atoms with Crippen LogP contribution in [0.4, 0.5) is 30.2 Å². The van der Waals surface area contributed by atoms with Gasteiger partial charge in [-0.3, -0.25) is 54.3 Å². The predicted molar refractivity (Wildman–Crippen MR) is 449 cm³/mol.